The van der Waals surface area contributed by atoms with Gasteiger partial charge in [0.2, 0.25) is 0 Å². The number of rotatable bonds is 8. The highest BCUT2D eigenvalue weighted by Gasteiger charge is 2.24. The first-order valence-electron chi connectivity index (χ1n) is 9.01. The van der Waals surface area contributed by atoms with Crippen LogP contribution in [0.15, 0.2) is 48.5 Å². The summed E-state index contributed by atoms with van der Waals surface area (Å²) in [6.07, 6.45) is 0. The van der Waals surface area contributed by atoms with Crippen molar-refractivity contribution >= 4 is 29.4 Å². The molecule has 0 spiro atoms. The van der Waals surface area contributed by atoms with E-state index < -0.39 is 7.37 Å². The molecule has 0 saturated carbocycles. The highest BCUT2D eigenvalue weighted by molar-refractivity contribution is 7.73. The molecule has 4 nitrogen and oxygen atoms in total. The van der Waals surface area contributed by atoms with Crippen molar-refractivity contribution in [2.75, 3.05) is 36.0 Å². The van der Waals surface area contributed by atoms with Crippen LogP contribution in [0.4, 0.5) is 11.4 Å². The number of anilines is 2. The van der Waals surface area contributed by atoms with Gasteiger partial charge in [-0.25, -0.2) is 0 Å². The minimum atomic E-state index is -3.57. The molecule has 0 radical (unpaired) electrons. The molecule has 2 aromatic carbocycles. The maximum absolute atomic E-state index is 13.0. The molecule has 0 saturated heterocycles. The first-order chi connectivity index (χ1) is 12.0. The second-order valence-electron chi connectivity index (χ2n) is 5.95. The maximum Gasteiger partial charge on any atom is 0.258 e. The van der Waals surface area contributed by atoms with Crippen molar-refractivity contribution in [1.29, 1.82) is 0 Å². The van der Waals surface area contributed by atoms with Crippen molar-refractivity contribution in [2.45, 2.75) is 27.7 Å². The summed E-state index contributed by atoms with van der Waals surface area (Å²) in [5, 5.41) is 0.943. The summed E-state index contributed by atoms with van der Waals surface area (Å²) in [4.78, 5) is 15.1. The summed E-state index contributed by atoms with van der Waals surface area (Å²) in [7, 11) is -3.57. The van der Waals surface area contributed by atoms with E-state index in [0.29, 0.717) is 10.6 Å². The van der Waals surface area contributed by atoms with Gasteiger partial charge in [-0.3, -0.25) is 4.57 Å². The van der Waals surface area contributed by atoms with Crippen LogP contribution in [0.25, 0.3) is 0 Å². The zero-order valence-electron chi connectivity index (χ0n) is 15.6. The first kappa shape index (κ1) is 19.6. The van der Waals surface area contributed by atoms with Crippen LogP contribution in [0.3, 0.4) is 0 Å². The zero-order chi connectivity index (χ0) is 18.4. The van der Waals surface area contributed by atoms with Gasteiger partial charge < -0.3 is 14.7 Å². The molecule has 0 fully saturated rings. The van der Waals surface area contributed by atoms with E-state index in [0.717, 1.165) is 37.6 Å². The summed E-state index contributed by atoms with van der Waals surface area (Å²) < 4.78 is 13.0. The second-order valence-corrected chi connectivity index (χ2v) is 8.14. The fourth-order valence-corrected chi connectivity index (χ4v) is 4.46. The highest BCUT2D eigenvalue weighted by atomic mass is 31.2. The van der Waals surface area contributed by atoms with Gasteiger partial charge in [-0.1, -0.05) is 0 Å². The lowest BCUT2D eigenvalue weighted by Crippen LogP contribution is -2.23. The van der Waals surface area contributed by atoms with Gasteiger partial charge in [0.1, 0.15) is 0 Å². The molecule has 2 aromatic rings. The molecule has 0 aliphatic heterocycles. The number of nitrogens with zero attached hydrogens (tertiary/aromatic N) is 2. The van der Waals surface area contributed by atoms with Gasteiger partial charge in [-0.15, -0.1) is 0 Å². The summed E-state index contributed by atoms with van der Waals surface area (Å²) >= 11 is 0. The Balaban J connectivity index is 2.27. The topological polar surface area (TPSA) is 43.8 Å². The summed E-state index contributed by atoms with van der Waals surface area (Å²) in [5.74, 6) is 0. The minimum Gasteiger partial charge on any atom is -0.372 e. The lowest BCUT2D eigenvalue weighted by Gasteiger charge is -2.22. The van der Waals surface area contributed by atoms with Gasteiger partial charge in [0.15, 0.2) is 0 Å². The van der Waals surface area contributed by atoms with Gasteiger partial charge >= 0.3 is 0 Å². The van der Waals surface area contributed by atoms with E-state index in [4.69, 9.17) is 0 Å². The molecule has 25 heavy (non-hydrogen) atoms. The molecule has 0 atom stereocenters. The molecule has 0 aliphatic carbocycles. The van der Waals surface area contributed by atoms with E-state index in [9.17, 15) is 9.46 Å². The van der Waals surface area contributed by atoms with Crippen LogP contribution >= 0.6 is 7.37 Å². The smallest absolute Gasteiger partial charge is 0.258 e. The van der Waals surface area contributed by atoms with Crippen molar-refractivity contribution in [3.8, 4) is 0 Å². The average molecular weight is 360 g/mol. The SMILES string of the molecule is CCN(CC)c1ccc(P(=O)(O)c2ccc(N(CC)CC)cc2)cc1. The Morgan fingerprint density at radius 3 is 1.20 bits per heavy atom. The molecule has 136 valence electrons. The van der Waals surface area contributed by atoms with E-state index in [1.54, 1.807) is 24.3 Å². The molecule has 5 heteroatoms. The third-order valence-electron chi connectivity index (χ3n) is 4.66. The molecule has 0 bridgehead atoms. The largest absolute Gasteiger partial charge is 0.372 e. The normalized spacial score (nSPS) is 11.4. The van der Waals surface area contributed by atoms with E-state index >= 15 is 0 Å². The molecule has 0 aliphatic rings. The van der Waals surface area contributed by atoms with Gasteiger partial charge in [0, 0.05) is 48.2 Å². The summed E-state index contributed by atoms with van der Waals surface area (Å²) in [6.45, 7) is 12.1. The summed E-state index contributed by atoms with van der Waals surface area (Å²) in [5.41, 5.74) is 2.15. The van der Waals surface area contributed by atoms with Crippen LogP contribution in [0.2, 0.25) is 0 Å². The fraction of sp³-hybridized carbons (Fsp3) is 0.400. The van der Waals surface area contributed by atoms with Crippen molar-refractivity contribution in [1.82, 2.24) is 0 Å². The van der Waals surface area contributed by atoms with Gasteiger partial charge in [0.25, 0.3) is 7.37 Å². The minimum absolute atomic E-state index is 0.471. The van der Waals surface area contributed by atoms with Crippen LogP contribution in [-0.4, -0.2) is 31.1 Å². The van der Waals surface area contributed by atoms with Crippen LogP contribution in [0, 0.1) is 0 Å². The molecule has 1 N–H and O–H groups in total. The first-order valence-corrected chi connectivity index (χ1v) is 10.7. The predicted octanol–water partition coefficient (Wildman–Crippen LogP) is 3.60. The van der Waals surface area contributed by atoms with E-state index in [1.165, 1.54) is 0 Å². The van der Waals surface area contributed by atoms with Crippen molar-refractivity contribution in [3.05, 3.63) is 48.5 Å². The molecule has 0 aromatic heterocycles. The average Bonchev–Trinajstić information content (AvgIpc) is 2.65. The fourth-order valence-electron chi connectivity index (χ4n) is 3.06. The van der Waals surface area contributed by atoms with Crippen LogP contribution in [0.1, 0.15) is 27.7 Å². The highest BCUT2D eigenvalue weighted by Crippen LogP contribution is 2.38. The van der Waals surface area contributed by atoms with Gasteiger partial charge in [0.05, 0.1) is 0 Å². The van der Waals surface area contributed by atoms with Crippen LogP contribution < -0.4 is 20.4 Å². The summed E-state index contributed by atoms with van der Waals surface area (Å²) in [6, 6.07) is 14.8. The van der Waals surface area contributed by atoms with Crippen molar-refractivity contribution in [2.24, 2.45) is 0 Å². The number of hydrogen-bond donors (Lipinski definition) is 1. The quantitative estimate of drug-likeness (QED) is 0.731. The maximum atomic E-state index is 13.0. The lowest BCUT2D eigenvalue weighted by molar-refractivity contribution is 0.501. The van der Waals surface area contributed by atoms with Gasteiger partial charge in [-0.2, -0.15) is 0 Å². The standard InChI is InChI=1S/C20H29N2O2P/c1-5-21(6-2)17-9-13-19(14-10-17)25(23,24)20-15-11-18(12-16-20)22(7-3)8-4/h9-16H,5-8H2,1-4H3,(H,23,24). The number of benzene rings is 2. The Morgan fingerprint density at radius 2 is 0.960 bits per heavy atom. The third kappa shape index (κ3) is 4.26. The van der Waals surface area contributed by atoms with Gasteiger partial charge in [-0.05, 0) is 76.2 Å². The predicted molar refractivity (Wildman–Crippen MR) is 109 cm³/mol. The van der Waals surface area contributed by atoms with Crippen molar-refractivity contribution in [3.63, 3.8) is 0 Å². The Kier molecular flexibility index (Phi) is 6.69. The Bertz CT molecular complexity index is 646. The van der Waals surface area contributed by atoms with Crippen LogP contribution in [0.5, 0.6) is 0 Å². The second kappa shape index (κ2) is 8.55. The van der Waals surface area contributed by atoms with E-state index in [1.807, 2.05) is 24.3 Å². The van der Waals surface area contributed by atoms with E-state index in [2.05, 4.69) is 37.5 Å². The third-order valence-corrected chi connectivity index (χ3v) is 6.65. The molecule has 2 rings (SSSR count). The molecule has 0 amide bonds. The lowest BCUT2D eigenvalue weighted by atomic mass is 10.3. The molecule has 0 heterocycles. The Morgan fingerprint density at radius 1 is 0.680 bits per heavy atom. The van der Waals surface area contributed by atoms with Crippen LogP contribution in [-0.2, 0) is 4.57 Å². The van der Waals surface area contributed by atoms with Crippen molar-refractivity contribution < 1.29 is 9.46 Å². The molecule has 0 unspecified atom stereocenters. The Hall–Kier alpha value is -1.77. The van der Waals surface area contributed by atoms with E-state index in [-0.39, 0.29) is 0 Å². The Labute approximate surface area is 151 Å². The molecular formula is C20H29N2O2P. The number of hydrogen-bond acceptors (Lipinski definition) is 3. The zero-order valence-corrected chi connectivity index (χ0v) is 16.5. The monoisotopic (exact) mass is 360 g/mol. The molecular weight excluding hydrogens is 331 g/mol.